The number of nitrogens with zero attached hydrogens (tertiary/aromatic N) is 3. The van der Waals surface area contributed by atoms with E-state index in [9.17, 15) is 49.2 Å². The molecule has 5 atom stereocenters. The van der Waals surface area contributed by atoms with Crippen LogP contribution in [-0.4, -0.2) is 215 Å². The molecule has 63 heavy (non-hydrogen) atoms. The van der Waals surface area contributed by atoms with E-state index in [0.717, 1.165) is 45.4 Å². The van der Waals surface area contributed by atoms with E-state index < -0.39 is 65.3 Å². The fraction of sp³-hybridized carbons (Fsp3) is 0.714. The van der Waals surface area contributed by atoms with Crippen molar-refractivity contribution in [2.24, 2.45) is 16.6 Å². The van der Waals surface area contributed by atoms with E-state index in [2.05, 4.69) is 0 Å². The molecule has 6 N–H and O–H groups in total. The first-order valence-corrected chi connectivity index (χ1v) is 20.9. The maximum Gasteiger partial charge on any atom is 0.253 e. The third-order valence-electron chi connectivity index (χ3n) is 10.3. The summed E-state index contributed by atoms with van der Waals surface area (Å²) in [7, 11) is 4.69. The number of carbonyl (C=O) groups is 6. The second-order valence-electron chi connectivity index (χ2n) is 15.7. The predicted octanol–water partition coefficient (Wildman–Crippen LogP) is -1.90. The Kier molecular flexibility index (Phi) is 26.0. The number of rotatable bonds is 34. The summed E-state index contributed by atoms with van der Waals surface area (Å²) in [6.45, 7) is 5.14. The summed E-state index contributed by atoms with van der Waals surface area (Å²) in [5, 5.41) is 39.8. The molecule has 5 unspecified atom stereocenters. The van der Waals surface area contributed by atoms with Crippen molar-refractivity contribution < 1.29 is 82.4 Å². The van der Waals surface area contributed by atoms with E-state index >= 15 is 0 Å². The summed E-state index contributed by atoms with van der Waals surface area (Å²) in [5.41, 5.74) is 4.38. The van der Waals surface area contributed by atoms with Crippen molar-refractivity contribution >= 4 is 35.4 Å². The van der Waals surface area contributed by atoms with Gasteiger partial charge in [-0.2, -0.15) is 0 Å². The minimum atomic E-state index is -0.927. The van der Waals surface area contributed by atoms with Crippen molar-refractivity contribution in [2.75, 3.05) is 120 Å². The van der Waals surface area contributed by atoms with Crippen LogP contribution in [0.15, 0.2) is 36.5 Å². The van der Waals surface area contributed by atoms with Crippen LogP contribution in [0.1, 0.15) is 39.0 Å². The molecule has 0 aromatic carbocycles. The van der Waals surface area contributed by atoms with Gasteiger partial charge in [-0.3, -0.25) is 43.5 Å². The highest BCUT2D eigenvalue weighted by Crippen LogP contribution is 2.25. The molecule has 0 fully saturated rings. The van der Waals surface area contributed by atoms with Gasteiger partial charge >= 0.3 is 0 Å². The lowest BCUT2D eigenvalue weighted by Crippen LogP contribution is -2.42. The van der Waals surface area contributed by atoms with Crippen LogP contribution in [0, 0.1) is 10.8 Å². The summed E-state index contributed by atoms with van der Waals surface area (Å²) >= 11 is 0. The van der Waals surface area contributed by atoms with Crippen molar-refractivity contribution in [2.45, 2.75) is 63.4 Å². The van der Waals surface area contributed by atoms with Gasteiger partial charge in [0.05, 0.1) is 95.7 Å². The third-order valence-corrected chi connectivity index (χ3v) is 10.3. The highest BCUT2D eigenvalue weighted by molar-refractivity contribution is 6.14. The molecule has 0 aromatic heterocycles. The van der Waals surface area contributed by atoms with E-state index in [1.54, 1.807) is 7.11 Å². The summed E-state index contributed by atoms with van der Waals surface area (Å²) in [6, 6.07) is 0. The van der Waals surface area contributed by atoms with Gasteiger partial charge in [0.15, 0.2) is 0 Å². The molecule has 3 aliphatic heterocycles. The van der Waals surface area contributed by atoms with Crippen molar-refractivity contribution in [1.82, 2.24) is 14.7 Å². The van der Waals surface area contributed by atoms with Crippen molar-refractivity contribution in [3.63, 3.8) is 0 Å². The van der Waals surface area contributed by atoms with Gasteiger partial charge in [-0.1, -0.05) is 6.92 Å². The fourth-order valence-electron chi connectivity index (χ4n) is 6.49. The van der Waals surface area contributed by atoms with Gasteiger partial charge in [0.2, 0.25) is 0 Å². The zero-order valence-corrected chi connectivity index (χ0v) is 36.9. The molecular formula is C42H68N4O17. The highest BCUT2D eigenvalue weighted by Gasteiger charge is 2.33. The molecule has 0 spiro atoms. The van der Waals surface area contributed by atoms with Gasteiger partial charge < -0.3 is 59.3 Å². The average Bonchev–Trinajstić information content (AvgIpc) is 3.87. The normalized spacial score (nSPS) is 18.1. The van der Waals surface area contributed by atoms with E-state index in [1.807, 2.05) is 6.92 Å². The summed E-state index contributed by atoms with van der Waals surface area (Å²) in [5.74, 6) is -2.63. The second-order valence-corrected chi connectivity index (χ2v) is 15.7. The third kappa shape index (κ3) is 19.8. The number of aliphatic hydroxyl groups is 4. The van der Waals surface area contributed by atoms with Crippen LogP contribution in [0.3, 0.4) is 0 Å². The number of ether oxygens (including phenoxy) is 7. The lowest BCUT2D eigenvalue weighted by molar-refractivity contribution is -0.140. The Morgan fingerprint density at radius 1 is 0.460 bits per heavy atom. The lowest BCUT2D eigenvalue weighted by Gasteiger charge is -2.32. The summed E-state index contributed by atoms with van der Waals surface area (Å²) in [4.78, 5) is 72.3. The van der Waals surface area contributed by atoms with Gasteiger partial charge in [0.25, 0.3) is 35.4 Å². The lowest BCUT2D eigenvalue weighted by atomic mass is 9.88. The van der Waals surface area contributed by atoms with Gasteiger partial charge in [-0.15, -0.1) is 0 Å². The number of nitrogens with two attached hydrogens (primary N) is 1. The highest BCUT2D eigenvalue weighted by atomic mass is 16.5. The molecule has 3 rings (SSSR count). The average molecular weight is 901 g/mol. The number of hydrogen-bond donors (Lipinski definition) is 5. The molecule has 0 radical (unpaired) electrons. The Bertz CT molecular complexity index is 1420. The fourth-order valence-corrected chi connectivity index (χ4v) is 6.49. The first-order chi connectivity index (χ1) is 30.1. The van der Waals surface area contributed by atoms with Crippen LogP contribution in [0.4, 0.5) is 0 Å². The number of aliphatic hydroxyl groups excluding tert-OH is 4. The number of hydrogen-bond acceptors (Lipinski definition) is 18. The SMILES string of the molecule is CCC(COC)(COCCC(O)CN)COCCC(O)CN1C(=O)C=CC1=O.COCC(COC)(COCCC(O)CN1C(=O)C=CC1=O)COCCC(O)CN1C(=O)C=CC1=O. The van der Waals surface area contributed by atoms with Crippen LogP contribution in [0.25, 0.3) is 0 Å². The largest absolute Gasteiger partial charge is 0.392 e. The zero-order chi connectivity index (χ0) is 46.8. The number of carbonyl (C=O) groups excluding carboxylic acids is 6. The predicted molar refractivity (Wildman–Crippen MR) is 223 cm³/mol. The van der Waals surface area contributed by atoms with E-state index in [1.165, 1.54) is 26.4 Å². The van der Waals surface area contributed by atoms with Crippen LogP contribution in [0.2, 0.25) is 0 Å². The van der Waals surface area contributed by atoms with Crippen LogP contribution >= 0.6 is 0 Å². The number of methoxy groups -OCH3 is 3. The van der Waals surface area contributed by atoms with Gasteiger partial charge in [0, 0.05) is 96.2 Å². The first-order valence-electron chi connectivity index (χ1n) is 20.9. The minimum Gasteiger partial charge on any atom is -0.392 e. The van der Waals surface area contributed by atoms with Crippen LogP contribution in [0.5, 0.6) is 0 Å². The van der Waals surface area contributed by atoms with E-state index in [4.69, 9.17) is 38.9 Å². The molecule has 358 valence electrons. The molecule has 0 saturated heterocycles. The molecule has 3 aliphatic rings. The Labute approximate surface area is 368 Å². The van der Waals surface area contributed by atoms with E-state index in [-0.39, 0.29) is 90.7 Å². The van der Waals surface area contributed by atoms with Gasteiger partial charge in [-0.05, 0) is 32.1 Å². The monoisotopic (exact) mass is 900 g/mol. The molecule has 0 bridgehead atoms. The zero-order valence-electron chi connectivity index (χ0n) is 36.9. The molecule has 21 heteroatoms. The quantitative estimate of drug-likeness (QED) is 0.0348. The smallest absolute Gasteiger partial charge is 0.253 e. The molecular weight excluding hydrogens is 832 g/mol. The standard InChI is InChI=1S/C23H34N2O10.C19H34N2O7/c1-32-13-23(14-33-2,15-34-9-7-17(26)11-24-19(28)3-4-20(24)29)16-35-10-8-18(27)12-25-21(30)5-6-22(25)31;1-3-19(12-26-2,13-27-8-6-15(22)10-20)14-28-9-7-16(23)11-21-17(24)4-5-18(21)25/h3-6,17-18,26-27H,7-16H2,1-2H3;4-5,15-16,22-23H,3,6-14,20H2,1-2H3. The Hall–Kier alpha value is -3.84. The Morgan fingerprint density at radius 2 is 0.714 bits per heavy atom. The molecule has 3 heterocycles. The molecule has 6 amide bonds. The van der Waals surface area contributed by atoms with Crippen molar-refractivity contribution in [3.8, 4) is 0 Å². The second kappa shape index (κ2) is 29.6. The number of β-amino-alcohol motifs (C(OH)–C–C–N with tert-alkyl or cyclic N) is 3. The summed E-state index contributed by atoms with van der Waals surface area (Å²) < 4.78 is 38.9. The molecule has 0 saturated carbocycles. The maximum absolute atomic E-state index is 11.6. The van der Waals surface area contributed by atoms with Gasteiger partial charge in [-0.25, -0.2) is 0 Å². The minimum absolute atomic E-state index is 0.0440. The molecule has 21 nitrogen and oxygen atoms in total. The number of amides is 6. The van der Waals surface area contributed by atoms with E-state index in [0.29, 0.717) is 39.3 Å². The van der Waals surface area contributed by atoms with Crippen LogP contribution < -0.4 is 5.73 Å². The first kappa shape index (κ1) is 55.3. The van der Waals surface area contributed by atoms with Crippen LogP contribution in [-0.2, 0) is 61.9 Å². The molecule has 0 aromatic rings. The Morgan fingerprint density at radius 3 is 0.968 bits per heavy atom. The van der Waals surface area contributed by atoms with Crippen molar-refractivity contribution in [3.05, 3.63) is 36.5 Å². The number of imide groups is 3. The van der Waals surface area contributed by atoms with Gasteiger partial charge in [0.1, 0.15) is 0 Å². The van der Waals surface area contributed by atoms with Crippen molar-refractivity contribution in [1.29, 1.82) is 0 Å². The topological polar surface area (TPSA) is 284 Å². The maximum atomic E-state index is 11.6. The summed E-state index contributed by atoms with van der Waals surface area (Å²) in [6.07, 6.45) is 5.73. The molecule has 0 aliphatic carbocycles. The Balaban J connectivity index is 0.000000445.